The van der Waals surface area contributed by atoms with Crippen molar-refractivity contribution in [3.8, 4) is 5.75 Å². The SMILES string of the molecule is CCN(CC)CCCNCc1cc(Cl)ccc1OCc1ccc(C)cc1.Cl.Cl. The third kappa shape index (κ3) is 9.49. The molecule has 0 aliphatic heterocycles. The lowest BCUT2D eigenvalue weighted by Crippen LogP contribution is -2.27. The predicted molar refractivity (Wildman–Crippen MR) is 126 cm³/mol. The van der Waals surface area contributed by atoms with Gasteiger partial charge in [0.1, 0.15) is 12.4 Å². The zero-order valence-corrected chi connectivity index (χ0v) is 19.4. The van der Waals surface area contributed by atoms with Crippen molar-refractivity contribution >= 4 is 36.4 Å². The molecule has 0 radical (unpaired) electrons. The maximum absolute atomic E-state index is 6.18. The van der Waals surface area contributed by atoms with Crippen LogP contribution in [0, 0.1) is 6.92 Å². The van der Waals surface area contributed by atoms with Crippen molar-refractivity contribution in [3.05, 3.63) is 64.2 Å². The van der Waals surface area contributed by atoms with E-state index in [0.29, 0.717) is 6.61 Å². The summed E-state index contributed by atoms with van der Waals surface area (Å²) in [6.07, 6.45) is 1.14. The Morgan fingerprint density at radius 3 is 2.32 bits per heavy atom. The van der Waals surface area contributed by atoms with E-state index in [2.05, 4.69) is 55.3 Å². The summed E-state index contributed by atoms with van der Waals surface area (Å²) in [6.45, 7) is 12.2. The topological polar surface area (TPSA) is 24.5 Å². The van der Waals surface area contributed by atoms with Crippen LogP contribution in [-0.2, 0) is 13.2 Å². The van der Waals surface area contributed by atoms with E-state index in [-0.39, 0.29) is 24.8 Å². The fourth-order valence-electron chi connectivity index (χ4n) is 2.86. The van der Waals surface area contributed by atoms with Crippen LogP contribution in [0.2, 0.25) is 5.02 Å². The van der Waals surface area contributed by atoms with Crippen LogP contribution in [0.3, 0.4) is 0 Å². The maximum Gasteiger partial charge on any atom is 0.124 e. The molecule has 0 atom stereocenters. The second-order valence-corrected chi connectivity index (χ2v) is 7.02. The highest BCUT2D eigenvalue weighted by atomic mass is 35.5. The molecule has 0 saturated heterocycles. The predicted octanol–water partition coefficient (Wildman–Crippen LogP) is 5.89. The van der Waals surface area contributed by atoms with Crippen molar-refractivity contribution in [1.82, 2.24) is 10.2 Å². The summed E-state index contributed by atoms with van der Waals surface area (Å²) in [6, 6.07) is 14.3. The average Bonchev–Trinajstić information content (AvgIpc) is 2.65. The first-order valence-electron chi connectivity index (χ1n) is 9.52. The van der Waals surface area contributed by atoms with E-state index in [1.165, 1.54) is 11.1 Å². The second-order valence-electron chi connectivity index (χ2n) is 6.58. The van der Waals surface area contributed by atoms with Gasteiger partial charge in [0.15, 0.2) is 0 Å². The summed E-state index contributed by atoms with van der Waals surface area (Å²) in [5.74, 6) is 0.895. The van der Waals surface area contributed by atoms with Gasteiger partial charge in [-0.2, -0.15) is 0 Å². The standard InChI is InChI=1S/C22H31ClN2O.2ClH/c1-4-25(5-2)14-6-13-24-16-20-15-21(23)11-12-22(20)26-17-19-9-7-18(3)8-10-19;;/h7-12,15,24H,4-6,13-14,16-17H2,1-3H3;2*1H. The Morgan fingerprint density at radius 2 is 1.68 bits per heavy atom. The molecule has 6 heteroatoms. The molecule has 2 aromatic rings. The summed E-state index contributed by atoms with van der Waals surface area (Å²) < 4.78 is 6.04. The van der Waals surface area contributed by atoms with E-state index in [9.17, 15) is 0 Å². The first-order valence-corrected chi connectivity index (χ1v) is 9.90. The molecule has 0 saturated carbocycles. The molecule has 2 aromatic carbocycles. The molecule has 0 aliphatic rings. The Hall–Kier alpha value is -0.970. The van der Waals surface area contributed by atoms with Gasteiger partial charge in [0.25, 0.3) is 0 Å². The van der Waals surface area contributed by atoms with Gasteiger partial charge in [0.05, 0.1) is 0 Å². The molecule has 0 spiro atoms. The van der Waals surface area contributed by atoms with Gasteiger partial charge in [-0.05, 0) is 63.3 Å². The summed E-state index contributed by atoms with van der Waals surface area (Å²) in [7, 11) is 0. The first-order chi connectivity index (χ1) is 12.6. The lowest BCUT2D eigenvalue weighted by atomic mass is 10.1. The number of hydrogen-bond donors (Lipinski definition) is 1. The normalized spacial score (nSPS) is 10.3. The van der Waals surface area contributed by atoms with Gasteiger partial charge < -0.3 is 15.0 Å². The van der Waals surface area contributed by atoms with Crippen molar-refractivity contribution in [3.63, 3.8) is 0 Å². The lowest BCUT2D eigenvalue weighted by molar-refractivity contribution is 0.295. The molecule has 0 aromatic heterocycles. The lowest BCUT2D eigenvalue weighted by Gasteiger charge is -2.18. The summed E-state index contributed by atoms with van der Waals surface area (Å²) in [4.78, 5) is 2.44. The Kier molecular flexibility index (Phi) is 14.4. The van der Waals surface area contributed by atoms with E-state index in [1.54, 1.807) is 0 Å². The molecular formula is C22H33Cl3N2O. The van der Waals surface area contributed by atoms with Crippen LogP contribution in [0.25, 0.3) is 0 Å². The highest BCUT2D eigenvalue weighted by Crippen LogP contribution is 2.24. The average molecular weight is 448 g/mol. The largest absolute Gasteiger partial charge is 0.489 e. The van der Waals surface area contributed by atoms with Crippen LogP contribution in [0.4, 0.5) is 0 Å². The maximum atomic E-state index is 6.18. The zero-order valence-electron chi connectivity index (χ0n) is 17.0. The summed E-state index contributed by atoms with van der Waals surface area (Å²) >= 11 is 6.18. The molecule has 0 fully saturated rings. The Labute approximate surface area is 187 Å². The fourth-order valence-corrected chi connectivity index (χ4v) is 3.06. The van der Waals surface area contributed by atoms with Crippen LogP contribution in [0.5, 0.6) is 5.75 Å². The Balaban J connectivity index is 0.00000364. The van der Waals surface area contributed by atoms with Crippen LogP contribution in [0.15, 0.2) is 42.5 Å². The number of hydrogen-bond acceptors (Lipinski definition) is 3. The number of nitrogens with one attached hydrogen (secondary N) is 1. The molecule has 3 nitrogen and oxygen atoms in total. The molecule has 0 bridgehead atoms. The number of ether oxygens (including phenoxy) is 1. The summed E-state index contributed by atoms with van der Waals surface area (Å²) in [5.41, 5.74) is 3.53. The molecule has 0 amide bonds. The highest BCUT2D eigenvalue weighted by molar-refractivity contribution is 6.30. The fraction of sp³-hybridized carbons (Fsp3) is 0.455. The van der Waals surface area contributed by atoms with Crippen LogP contribution in [-0.4, -0.2) is 31.1 Å². The minimum Gasteiger partial charge on any atom is -0.489 e. The zero-order chi connectivity index (χ0) is 18.8. The van der Waals surface area contributed by atoms with Gasteiger partial charge in [0.2, 0.25) is 0 Å². The van der Waals surface area contributed by atoms with E-state index in [1.807, 2.05) is 18.2 Å². The van der Waals surface area contributed by atoms with Crippen molar-refractivity contribution in [1.29, 1.82) is 0 Å². The molecule has 158 valence electrons. The van der Waals surface area contributed by atoms with E-state index >= 15 is 0 Å². The van der Waals surface area contributed by atoms with Crippen molar-refractivity contribution in [2.24, 2.45) is 0 Å². The van der Waals surface area contributed by atoms with Gasteiger partial charge in [-0.3, -0.25) is 0 Å². The number of nitrogens with zero attached hydrogens (tertiary/aromatic N) is 1. The van der Waals surface area contributed by atoms with Crippen molar-refractivity contribution in [2.75, 3.05) is 26.2 Å². The minimum atomic E-state index is 0. The van der Waals surface area contributed by atoms with Crippen LogP contribution < -0.4 is 10.1 Å². The van der Waals surface area contributed by atoms with Crippen LogP contribution in [0.1, 0.15) is 37.0 Å². The molecular weight excluding hydrogens is 415 g/mol. The van der Waals surface area contributed by atoms with E-state index < -0.39 is 0 Å². The molecule has 0 unspecified atom stereocenters. The van der Waals surface area contributed by atoms with E-state index in [0.717, 1.165) is 55.5 Å². The Morgan fingerprint density at radius 1 is 1.00 bits per heavy atom. The van der Waals surface area contributed by atoms with Crippen LogP contribution >= 0.6 is 36.4 Å². The quantitative estimate of drug-likeness (QED) is 0.434. The minimum absolute atomic E-state index is 0. The van der Waals surface area contributed by atoms with Crippen molar-refractivity contribution in [2.45, 2.75) is 40.3 Å². The summed E-state index contributed by atoms with van der Waals surface area (Å²) in [5, 5.41) is 4.26. The molecule has 28 heavy (non-hydrogen) atoms. The van der Waals surface area contributed by atoms with Gasteiger partial charge in [-0.1, -0.05) is 55.3 Å². The first kappa shape index (κ1) is 27.0. The molecule has 1 N–H and O–H groups in total. The number of halogens is 3. The van der Waals surface area contributed by atoms with E-state index in [4.69, 9.17) is 16.3 Å². The molecule has 2 rings (SSSR count). The monoisotopic (exact) mass is 446 g/mol. The van der Waals surface area contributed by atoms with Gasteiger partial charge in [-0.15, -0.1) is 24.8 Å². The van der Waals surface area contributed by atoms with Crippen molar-refractivity contribution < 1.29 is 4.74 Å². The third-order valence-electron chi connectivity index (χ3n) is 4.58. The number of rotatable bonds is 11. The molecule has 0 aliphatic carbocycles. The highest BCUT2D eigenvalue weighted by Gasteiger charge is 2.06. The van der Waals surface area contributed by atoms with Gasteiger partial charge >= 0.3 is 0 Å². The molecule has 0 heterocycles. The Bertz CT molecular complexity index is 661. The number of aryl methyl sites for hydroxylation is 1. The van der Waals surface area contributed by atoms with Gasteiger partial charge in [-0.25, -0.2) is 0 Å². The number of benzene rings is 2. The van der Waals surface area contributed by atoms with Gasteiger partial charge in [0, 0.05) is 17.1 Å². The third-order valence-corrected chi connectivity index (χ3v) is 4.81. The smallest absolute Gasteiger partial charge is 0.124 e. The second kappa shape index (κ2) is 14.9.